The fraction of sp³-hybridized carbons (Fsp3) is 0.235. The number of carbonyl (C=O) groups excluding carboxylic acids is 3. The number of primary amides is 1. The Morgan fingerprint density at radius 1 is 1.24 bits per heavy atom. The summed E-state index contributed by atoms with van der Waals surface area (Å²) in [5.41, 5.74) is 6.59. The van der Waals surface area contributed by atoms with E-state index >= 15 is 0 Å². The Kier molecular flexibility index (Phi) is 5.76. The van der Waals surface area contributed by atoms with Crippen LogP contribution in [-0.4, -0.2) is 31.0 Å². The molecule has 2 amide bonds. The molecule has 0 aliphatic rings. The van der Waals surface area contributed by atoms with Crippen molar-refractivity contribution in [3.8, 4) is 5.75 Å². The zero-order valence-electron chi connectivity index (χ0n) is 14.0. The average molecular weight is 362 g/mol. The topological polar surface area (TPSA) is 108 Å². The fourth-order valence-electron chi connectivity index (χ4n) is 2.04. The first-order valence-corrected chi connectivity index (χ1v) is 8.25. The van der Waals surface area contributed by atoms with Crippen molar-refractivity contribution in [1.82, 2.24) is 0 Å². The van der Waals surface area contributed by atoms with E-state index in [1.807, 2.05) is 6.92 Å². The SMILES string of the molecule is COc1cc(C(=O)O[C@H](C)C(=O)Nc2sccc2C(N)=O)ccc1C. The van der Waals surface area contributed by atoms with E-state index in [9.17, 15) is 14.4 Å². The highest BCUT2D eigenvalue weighted by Crippen LogP contribution is 2.23. The van der Waals surface area contributed by atoms with Crippen molar-refractivity contribution in [3.63, 3.8) is 0 Å². The van der Waals surface area contributed by atoms with Gasteiger partial charge in [0, 0.05) is 0 Å². The molecule has 1 atom stereocenters. The quantitative estimate of drug-likeness (QED) is 0.767. The fourth-order valence-corrected chi connectivity index (χ4v) is 2.84. The third kappa shape index (κ3) is 4.36. The lowest BCUT2D eigenvalue weighted by atomic mass is 10.1. The van der Waals surface area contributed by atoms with Gasteiger partial charge >= 0.3 is 5.97 Å². The molecule has 1 aromatic carbocycles. The molecule has 0 saturated heterocycles. The molecule has 0 spiro atoms. The number of nitrogens with one attached hydrogen (secondary N) is 1. The average Bonchev–Trinajstić information content (AvgIpc) is 3.03. The van der Waals surface area contributed by atoms with Gasteiger partial charge in [-0.15, -0.1) is 11.3 Å². The molecule has 132 valence electrons. The van der Waals surface area contributed by atoms with E-state index < -0.39 is 23.9 Å². The van der Waals surface area contributed by atoms with Crippen LogP contribution in [0.25, 0.3) is 0 Å². The highest BCUT2D eigenvalue weighted by atomic mass is 32.1. The third-order valence-electron chi connectivity index (χ3n) is 3.46. The van der Waals surface area contributed by atoms with Gasteiger partial charge in [-0.25, -0.2) is 4.79 Å². The molecule has 0 fully saturated rings. The van der Waals surface area contributed by atoms with Crippen molar-refractivity contribution in [2.75, 3.05) is 12.4 Å². The monoisotopic (exact) mass is 362 g/mol. The number of esters is 1. The van der Waals surface area contributed by atoms with Crippen LogP contribution in [0, 0.1) is 6.92 Å². The summed E-state index contributed by atoms with van der Waals surface area (Å²) < 4.78 is 10.3. The van der Waals surface area contributed by atoms with Crippen LogP contribution in [0.1, 0.15) is 33.2 Å². The van der Waals surface area contributed by atoms with Gasteiger partial charge in [-0.2, -0.15) is 0 Å². The number of anilines is 1. The first-order chi connectivity index (χ1) is 11.8. The molecule has 1 heterocycles. The molecule has 0 saturated carbocycles. The summed E-state index contributed by atoms with van der Waals surface area (Å²) in [6.45, 7) is 3.29. The maximum absolute atomic E-state index is 12.2. The molecule has 2 aromatic rings. The zero-order chi connectivity index (χ0) is 18.6. The maximum atomic E-state index is 12.2. The van der Waals surface area contributed by atoms with Crippen molar-refractivity contribution in [3.05, 3.63) is 46.3 Å². The minimum absolute atomic E-state index is 0.208. The van der Waals surface area contributed by atoms with Gasteiger partial charge in [0.15, 0.2) is 6.10 Å². The van der Waals surface area contributed by atoms with Crippen molar-refractivity contribution in [2.24, 2.45) is 5.73 Å². The standard InChI is InChI=1S/C17H18N2O5S/c1-9-4-5-11(8-13(9)23-3)17(22)24-10(2)15(21)19-16-12(14(18)20)6-7-25-16/h4-8,10H,1-3H3,(H2,18,20)(H,19,21)/t10-/m1/s1. The predicted molar refractivity (Wildman–Crippen MR) is 94.1 cm³/mol. The molecule has 7 nitrogen and oxygen atoms in total. The lowest BCUT2D eigenvalue weighted by Gasteiger charge is -2.14. The number of thiophene rings is 1. The highest BCUT2D eigenvalue weighted by molar-refractivity contribution is 7.14. The number of hydrogen-bond acceptors (Lipinski definition) is 6. The van der Waals surface area contributed by atoms with E-state index in [4.69, 9.17) is 15.2 Å². The zero-order valence-corrected chi connectivity index (χ0v) is 14.8. The van der Waals surface area contributed by atoms with Crippen LogP contribution in [-0.2, 0) is 9.53 Å². The van der Waals surface area contributed by atoms with Crippen LogP contribution in [0.5, 0.6) is 5.75 Å². The summed E-state index contributed by atoms with van der Waals surface area (Å²) in [7, 11) is 1.50. The summed E-state index contributed by atoms with van der Waals surface area (Å²) in [5, 5.41) is 4.48. The second kappa shape index (κ2) is 7.80. The minimum atomic E-state index is -1.05. The second-order valence-corrected chi connectivity index (χ2v) is 6.16. The number of ether oxygens (including phenoxy) is 2. The van der Waals surface area contributed by atoms with Crippen LogP contribution in [0.15, 0.2) is 29.6 Å². The second-order valence-electron chi connectivity index (χ2n) is 5.25. The predicted octanol–water partition coefficient (Wildman–Crippen LogP) is 2.35. The van der Waals surface area contributed by atoms with E-state index in [0.717, 1.165) is 16.9 Å². The molecule has 8 heteroatoms. The number of methoxy groups -OCH3 is 1. The maximum Gasteiger partial charge on any atom is 0.339 e. The summed E-state index contributed by atoms with van der Waals surface area (Å²) in [6.07, 6.45) is -1.05. The Labute approximate surface area is 148 Å². The summed E-state index contributed by atoms with van der Waals surface area (Å²) in [4.78, 5) is 35.6. The molecule has 0 aliphatic carbocycles. The van der Waals surface area contributed by atoms with Crippen molar-refractivity contribution in [1.29, 1.82) is 0 Å². The molecular weight excluding hydrogens is 344 g/mol. The number of hydrogen-bond donors (Lipinski definition) is 2. The van der Waals surface area contributed by atoms with Crippen LogP contribution in [0.2, 0.25) is 0 Å². The first-order valence-electron chi connectivity index (χ1n) is 7.37. The number of aryl methyl sites for hydroxylation is 1. The molecule has 3 N–H and O–H groups in total. The molecule has 25 heavy (non-hydrogen) atoms. The summed E-state index contributed by atoms with van der Waals surface area (Å²) in [5.74, 6) is -1.30. The van der Waals surface area contributed by atoms with Crippen LogP contribution in [0.4, 0.5) is 5.00 Å². The molecule has 0 bridgehead atoms. The van der Waals surface area contributed by atoms with Gasteiger partial charge in [0.05, 0.1) is 18.2 Å². The van der Waals surface area contributed by atoms with Gasteiger partial charge in [-0.3, -0.25) is 9.59 Å². The van der Waals surface area contributed by atoms with Crippen molar-refractivity contribution >= 4 is 34.1 Å². The highest BCUT2D eigenvalue weighted by Gasteiger charge is 2.21. The molecule has 0 radical (unpaired) electrons. The Balaban J connectivity index is 2.04. The van der Waals surface area contributed by atoms with Gasteiger partial charge in [0.1, 0.15) is 10.8 Å². The van der Waals surface area contributed by atoms with Crippen LogP contribution < -0.4 is 15.8 Å². The Morgan fingerprint density at radius 3 is 2.60 bits per heavy atom. The van der Waals surface area contributed by atoms with Gasteiger partial charge in [-0.1, -0.05) is 6.07 Å². The van der Waals surface area contributed by atoms with Gasteiger partial charge in [0.25, 0.3) is 11.8 Å². The number of nitrogens with two attached hydrogens (primary N) is 1. The van der Waals surface area contributed by atoms with E-state index in [1.165, 1.54) is 20.1 Å². The summed E-state index contributed by atoms with van der Waals surface area (Å²) in [6, 6.07) is 6.38. The van der Waals surface area contributed by atoms with E-state index in [-0.39, 0.29) is 11.1 Å². The molecule has 1 aromatic heterocycles. The van der Waals surface area contributed by atoms with Crippen molar-refractivity contribution < 1.29 is 23.9 Å². The Morgan fingerprint density at radius 2 is 1.96 bits per heavy atom. The van der Waals surface area contributed by atoms with Crippen LogP contribution in [0.3, 0.4) is 0 Å². The van der Waals surface area contributed by atoms with E-state index in [0.29, 0.717) is 10.8 Å². The van der Waals surface area contributed by atoms with E-state index in [2.05, 4.69) is 5.32 Å². The van der Waals surface area contributed by atoms with Gasteiger partial charge < -0.3 is 20.5 Å². The lowest BCUT2D eigenvalue weighted by Crippen LogP contribution is -2.30. The van der Waals surface area contributed by atoms with Gasteiger partial charge in [0.2, 0.25) is 0 Å². The lowest BCUT2D eigenvalue weighted by molar-refractivity contribution is -0.123. The molecule has 2 rings (SSSR count). The third-order valence-corrected chi connectivity index (χ3v) is 4.29. The van der Waals surface area contributed by atoms with Crippen molar-refractivity contribution in [2.45, 2.75) is 20.0 Å². The molecule has 0 unspecified atom stereocenters. The minimum Gasteiger partial charge on any atom is -0.496 e. The number of amides is 2. The van der Waals surface area contributed by atoms with E-state index in [1.54, 1.807) is 23.6 Å². The normalized spacial score (nSPS) is 11.5. The first kappa shape index (κ1) is 18.5. The van der Waals surface area contributed by atoms with Crippen LogP contribution >= 0.6 is 11.3 Å². The smallest absolute Gasteiger partial charge is 0.339 e. The summed E-state index contributed by atoms with van der Waals surface area (Å²) >= 11 is 1.16. The number of rotatable bonds is 6. The van der Waals surface area contributed by atoms with Gasteiger partial charge in [-0.05, 0) is 43.0 Å². The molecular formula is C17H18N2O5S. The number of benzene rings is 1. The Bertz CT molecular complexity index is 815. The Hall–Kier alpha value is -2.87. The number of carbonyl (C=O) groups is 3. The largest absolute Gasteiger partial charge is 0.496 e. The molecule has 0 aliphatic heterocycles.